The predicted octanol–water partition coefficient (Wildman–Crippen LogP) is -0.877. The van der Waals surface area contributed by atoms with Gasteiger partial charge in [0.15, 0.2) is 6.10 Å². The second kappa shape index (κ2) is 5.46. The molecule has 0 spiro atoms. The summed E-state index contributed by atoms with van der Waals surface area (Å²) in [5.41, 5.74) is 0. The quantitative estimate of drug-likeness (QED) is 0.725. The molecule has 2 aliphatic rings. The van der Waals surface area contributed by atoms with Crippen LogP contribution in [0, 0.1) is 5.92 Å². The molecule has 2 saturated heterocycles. The monoisotopic (exact) mass is 291 g/mol. The molecule has 1 unspecified atom stereocenters. The van der Waals surface area contributed by atoms with Gasteiger partial charge in [0.2, 0.25) is 5.91 Å². The van der Waals surface area contributed by atoms with Gasteiger partial charge in [-0.1, -0.05) is 0 Å². The van der Waals surface area contributed by atoms with Gasteiger partial charge in [0, 0.05) is 6.54 Å². The molecule has 2 rings (SSSR count). The molecular formula is C11H17NO6S. The summed E-state index contributed by atoms with van der Waals surface area (Å²) in [4.78, 5) is 24.0. The smallest absolute Gasteiger partial charge is 0.334 e. The highest BCUT2D eigenvalue weighted by atomic mass is 32.2. The van der Waals surface area contributed by atoms with Crippen LogP contribution in [0.2, 0.25) is 0 Å². The predicted molar refractivity (Wildman–Crippen MR) is 65.3 cm³/mol. The number of hydrogen-bond donors (Lipinski definition) is 1. The molecule has 0 aliphatic carbocycles. The Kier molecular flexibility index (Phi) is 4.10. The standard InChI is InChI=1S/C11H17NO6S/c13-10-7-18-9(11(14)15)6-12(10)5-8-1-3-19(16,17)4-2-8/h8-9H,1-7H2,(H,14,15). The number of hydrogen-bond acceptors (Lipinski definition) is 5. The van der Waals surface area contributed by atoms with Crippen molar-refractivity contribution in [2.45, 2.75) is 18.9 Å². The number of ether oxygens (including phenoxy) is 1. The number of carbonyl (C=O) groups is 2. The fourth-order valence-corrected chi connectivity index (χ4v) is 3.97. The Morgan fingerprint density at radius 2 is 2.00 bits per heavy atom. The van der Waals surface area contributed by atoms with Crippen molar-refractivity contribution in [3.8, 4) is 0 Å². The third kappa shape index (κ3) is 3.66. The number of carbonyl (C=O) groups excluding carboxylic acids is 1. The van der Waals surface area contributed by atoms with Crippen LogP contribution < -0.4 is 0 Å². The van der Waals surface area contributed by atoms with E-state index >= 15 is 0 Å². The lowest BCUT2D eigenvalue weighted by Gasteiger charge is -2.34. The van der Waals surface area contributed by atoms with Crippen molar-refractivity contribution < 1.29 is 27.9 Å². The second-order valence-corrected chi connectivity index (χ2v) is 7.34. The Morgan fingerprint density at radius 1 is 1.37 bits per heavy atom. The Hall–Kier alpha value is -1.15. The highest BCUT2D eigenvalue weighted by Gasteiger charge is 2.33. The van der Waals surface area contributed by atoms with Crippen molar-refractivity contribution in [3.05, 3.63) is 0 Å². The largest absolute Gasteiger partial charge is 0.479 e. The minimum Gasteiger partial charge on any atom is -0.479 e. The van der Waals surface area contributed by atoms with Crippen molar-refractivity contribution >= 4 is 21.7 Å². The molecule has 1 atom stereocenters. The average Bonchev–Trinajstić information content (AvgIpc) is 2.34. The lowest BCUT2D eigenvalue weighted by Crippen LogP contribution is -2.51. The fraction of sp³-hybridized carbons (Fsp3) is 0.818. The van der Waals surface area contributed by atoms with Crippen LogP contribution in [0.25, 0.3) is 0 Å². The third-order valence-corrected chi connectivity index (χ3v) is 5.29. The summed E-state index contributed by atoms with van der Waals surface area (Å²) in [7, 11) is -2.92. The molecule has 0 radical (unpaired) electrons. The second-order valence-electron chi connectivity index (χ2n) is 5.03. The maximum Gasteiger partial charge on any atom is 0.334 e. The Bertz CT molecular complexity index is 460. The molecule has 2 fully saturated rings. The van der Waals surface area contributed by atoms with Gasteiger partial charge in [0.25, 0.3) is 0 Å². The molecule has 108 valence electrons. The SMILES string of the molecule is O=C(O)C1CN(CC2CCS(=O)(=O)CC2)C(=O)CO1. The summed E-state index contributed by atoms with van der Waals surface area (Å²) in [6, 6.07) is 0. The molecule has 19 heavy (non-hydrogen) atoms. The summed E-state index contributed by atoms with van der Waals surface area (Å²) >= 11 is 0. The van der Waals surface area contributed by atoms with Crippen molar-refractivity contribution in [3.63, 3.8) is 0 Å². The maximum atomic E-state index is 11.7. The summed E-state index contributed by atoms with van der Waals surface area (Å²) in [5, 5.41) is 8.87. The summed E-state index contributed by atoms with van der Waals surface area (Å²) < 4.78 is 27.5. The van der Waals surface area contributed by atoms with E-state index < -0.39 is 21.9 Å². The van der Waals surface area contributed by atoms with Gasteiger partial charge >= 0.3 is 5.97 Å². The van der Waals surface area contributed by atoms with Gasteiger partial charge in [0.05, 0.1) is 18.1 Å². The minimum absolute atomic E-state index is 0.0391. The number of sulfone groups is 1. The van der Waals surface area contributed by atoms with E-state index in [-0.39, 0.29) is 36.5 Å². The van der Waals surface area contributed by atoms with Crippen molar-refractivity contribution in [1.82, 2.24) is 4.90 Å². The first kappa shape index (κ1) is 14.3. The first-order valence-corrected chi connectivity index (χ1v) is 8.02. The molecule has 1 N–H and O–H groups in total. The average molecular weight is 291 g/mol. The van der Waals surface area contributed by atoms with Gasteiger partial charge in [-0.15, -0.1) is 0 Å². The van der Waals surface area contributed by atoms with Crippen LogP contribution in [0.4, 0.5) is 0 Å². The number of rotatable bonds is 3. The molecule has 0 aromatic carbocycles. The summed E-state index contributed by atoms with van der Waals surface area (Å²) in [5.74, 6) is -0.883. The highest BCUT2D eigenvalue weighted by molar-refractivity contribution is 7.91. The van der Waals surface area contributed by atoms with Crippen LogP contribution in [0.5, 0.6) is 0 Å². The van der Waals surface area contributed by atoms with Crippen molar-refractivity contribution in [2.75, 3.05) is 31.2 Å². The zero-order valence-corrected chi connectivity index (χ0v) is 11.3. The highest BCUT2D eigenvalue weighted by Crippen LogP contribution is 2.21. The molecule has 2 heterocycles. The molecule has 0 aromatic rings. The lowest BCUT2D eigenvalue weighted by atomic mass is 10.0. The number of carboxylic acids is 1. The molecule has 1 amide bonds. The van der Waals surface area contributed by atoms with Crippen LogP contribution in [-0.2, 0) is 24.2 Å². The van der Waals surface area contributed by atoms with Crippen LogP contribution >= 0.6 is 0 Å². The van der Waals surface area contributed by atoms with Gasteiger partial charge < -0.3 is 14.7 Å². The van der Waals surface area contributed by atoms with Crippen molar-refractivity contribution in [1.29, 1.82) is 0 Å². The number of nitrogens with zero attached hydrogens (tertiary/aromatic N) is 1. The molecule has 8 heteroatoms. The normalized spacial score (nSPS) is 28.3. The molecular weight excluding hydrogens is 274 g/mol. The van der Waals surface area contributed by atoms with Gasteiger partial charge in [-0.2, -0.15) is 0 Å². The molecule has 7 nitrogen and oxygen atoms in total. The van der Waals surface area contributed by atoms with Gasteiger partial charge in [0.1, 0.15) is 16.4 Å². The first-order chi connectivity index (χ1) is 8.87. The Balaban J connectivity index is 1.90. The molecule has 0 saturated carbocycles. The van der Waals surface area contributed by atoms with Crippen LogP contribution in [0.1, 0.15) is 12.8 Å². The zero-order chi connectivity index (χ0) is 14.0. The van der Waals surface area contributed by atoms with E-state index in [4.69, 9.17) is 9.84 Å². The Labute approximate surface area is 111 Å². The molecule has 2 aliphatic heterocycles. The number of amides is 1. The fourth-order valence-electron chi connectivity index (χ4n) is 2.38. The maximum absolute atomic E-state index is 11.7. The number of morpholine rings is 1. The lowest BCUT2D eigenvalue weighted by molar-refractivity contribution is -0.165. The topological polar surface area (TPSA) is 101 Å². The van der Waals surface area contributed by atoms with Crippen molar-refractivity contribution in [2.24, 2.45) is 5.92 Å². The summed E-state index contributed by atoms with van der Waals surface area (Å²) in [6.45, 7) is 0.237. The number of aliphatic carboxylic acids is 1. The van der Waals surface area contributed by atoms with E-state index in [1.165, 1.54) is 4.90 Å². The summed E-state index contributed by atoms with van der Waals surface area (Å²) in [6.07, 6.45) is 0.0834. The third-order valence-electron chi connectivity index (χ3n) is 3.58. The van der Waals surface area contributed by atoms with E-state index in [2.05, 4.69) is 0 Å². The van der Waals surface area contributed by atoms with Gasteiger partial charge in [-0.05, 0) is 18.8 Å². The van der Waals surface area contributed by atoms with Crippen LogP contribution in [0.3, 0.4) is 0 Å². The first-order valence-electron chi connectivity index (χ1n) is 6.20. The van der Waals surface area contributed by atoms with E-state index in [9.17, 15) is 18.0 Å². The van der Waals surface area contributed by atoms with Gasteiger partial charge in [-0.25, -0.2) is 13.2 Å². The minimum atomic E-state index is -2.92. The van der Waals surface area contributed by atoms with Crippen LogP contribution in [0.15, 0.2) is 0 Å². The van der Waals surface area contributed by atoms with E-state index in [1.54, 1.807) is 0 Å². The van der Waals surface area contributed by atoms with Gasteiger partial charge in [-0.3, -0.25) is 4.79 Å². The molecule has 0 bridgehead atoms. The van der Waals surface area contributed by atoms with Crippen LogP contribution in [-0.4, -0.2) is 67.6 Å². The number of carboxylic acid groups (broad SMARTS) is 1. The Morgan fingerprint density at radius 3 is 2.58 bits per heavy atom. The zero-order valence-electron chi connectivity index (χ0n) is 10.4. The van der Waals surface area contributed by atoms with E-state index in [0.717, 1.165) is 0 Å². The van der Waals surface area contributed by atoms with E-state index in [1.807, 2.05) is 0 Å². The van der Waals surface area contributed by atoms with E-state index in [0.29, 0.717) is 19.4 Å². The molecule has 0 aromatic heterocycles.